The lowest BCUT2D eigenvalue weighted by Crippen LogP contribution is -2.16. The summed E-state index contributed by atoms with van der Waals surface area (Å²) >= 11 is 1.69. The molecule has 3 aromatic heterocycles. The molecule has 0 spiro atoms. The fourth-order valence-electron chi connectivity index (χ4n) is 7.34. The van der Waals surface area contributed by atoms with Crippen molar-refractivity contribution in [2.24, 2.45) is 15.7 Å². The van der Waals surface area contributed by atoms with Gasteiger partial charge in [0.2, 0.25) is 0 Å². The predicted molar refractivity (Wildman–Crippen MR) is 221 cm³/mol. The third kappa shape index (κ3) is 5.37. The van der Waals surface area contributed by atoms with E-state index < -0.39 is 0 Å². The molecule has 2 N–H and O–H groups in total. The van der Waals surface area contributed by atoms with Crippen molar-refractivity contribution in [2.45, 2.75) is 6.54 Å². The second-order valence-electron chi connectivity index (χ2n) is 13.0. The van der Waals surface area contributed by atoms with E-state index in [2.05, 4.69) is 95.6 Å². The zero-order valence-corrected chi connectivity index (χ0v) is 29.3. The molecule has 252 valence electrons. The molecular formula is C46H31N5OS. The SMILES string of the molecule is N/C(=N\C(=N/Cc1cccc2oc3cccc(-c4nc5ccccc5s4)c3c12)c1ccccc1)c1ccc2c3ccccc3n(-c3ccccc3)c2c1. The number of nitrogens with two attached hydrogens (primary N) is 1. The van der Waals surface area contributed by atoms with Crippen molar-refractivity contribution in [2.75, 3.05) is 0 Å². The van der Waals surface area contributed by atoms with Gasteiger partial charge < -0.3 is 14.7 Å². The molecule has 0 saturated carbocycles. The van der Waals surface area contributed by atoms with Crippen LogP contribution in [0.5, 0.6) is 0 Å². The highest BCUT2D eigenvalue weighted by Crippen LogP contribution is 2.41. The summed E-state index contributed by atoms with van der Waals surface area (Å²) in [4.78, 5) is 15.2. The zero-order valence-electron chi connectivity index (χ0n) is 28.5. The minimum absolute atomic E-state index is 0.377. The molecule has 0 unspecified atom stereocenters. The lowest BCUT2D eigenvalue weighted by Gasteiger charge is -2.09. The van der Waals surface area contributed by atoms with Crippen LogP contribution in [0.1, 0.15) is 16.7 Å². The topological polar surface area (TPSA) is 81.7 Å². The molecule has 0 saturated heterocycles. The first-order valence-corrected chi connectivity index (χ1v) is 18.3. The van der Waals surface area contributed by atoms with Crippen molar-refractivity contribution < 1.29 is 4.42 Å². The van der Waals surface area contributed by atoms with Gasteiger partial charge in [0.05, 0.1) is 27.8 Å². The van der Waals surface area contributed by atoms with Crippen molar-refractivity contribution >= 4 is 77.0 Å². The van der Waals surface area contributed by atoms with Crippen molar-refractivity contribution in [1.82, 2.24) is 9.55 Å². The molecule has 10 rings (SSSR count). The molecule has 0 aliphatic rings. The van der Waals surface area contributed by atoms with Crippen molar-refractivity contribution in [1.29, 1.82) is 0 Å². The molecule has 6 nitrogen and oxygen atoms in total. The number of hydrogen-bond acceptors (Lipinski definition) is 4. The molecule has 0 atom stereocenters. The number of aromatic nitrogens is 2. The van der Waals surface area contributed by atoms with E-state index in [0.29, 0.717) is 18.2 Å². The van der Waals surface area contributed by atoms with Crippen LogP contribution in [-0.2, 0) is 6.54 Å². The third-order valence-corrected chi connectivity index (χ3v) is 10.8. The number of hydrogen-bond donors (Lipinski definition) is 1. The summed E-state index contributed by atoms with van der Waals surface area (Å²) in [7, 11) is 0. The smallest absolute Gasteiger partial charge is 0.157 e. The third-order valence-electron chi connectivity index (χ3n) is 9.77. The van der Waals surface area contributed by atoms with Gasteiger partial charge in [-0.3, -0.25) is 4.99 Å². The number of nitrogens with zero attached hydrogens (tertiary/aromatic N) is 4. The summed E-state index contributed by atoms with van der Waals surface area (Å²) in [5, 5.41) is 5.38. The predicted octanol–water partition coefficient (Wildman–Crippen LogP) is 11.3. The minimum atomic E-state index is 0.377. The zero-order chi connectivity index (χ0) is 35.3. The minimum Gasteiger partial charge on any atom is -0.456 e. The first kappa shape index (κ1) is 30.9. The lowest BCUT2D eigenvalue weighted by atomic mass is 10.0. The molecule has 0 fully saturated rings. The van der Waals surface area contributed by atoms with Gasteiger partial charge in [0.1, 0.15) is 22.0 Å². The number of rotatable bonds is 6. The standard InChI is InChI=1S/C46H31N5OS/c47-44(30-25-26-34-33-18-7-9-21-37(33)51(38(34)27-30)32-16-5-2-6-17-32)50-45(29-13-3-1-4-14-29)48-28-31-15-11-22-39-42(31)43-35(19-12-23-40(43)52-39)46-49-36-20-8-10-24-41(36)53-46/h1-27H,28H2,(H2,47,48,50). The Morgan fingerprint density at radius 3 is 2.21 bits per heavy atom. The van der Waals surface area contributed by atoms with Crippen LogP contribution in [-0.4, -0.2) is 21.2 Å². The fraction of sp³-hybridized carbons (Fsp3) is 0.0217. The maximum Gasteiger partial charge on any atom is 0.157 e. The van der Waals surface area contributed by atoms with Gasteiger partial charge >= 0.3 is 0 Å². The number of thiazole rings is 1. The van der Waals surface area contributed by atoms with E-state index in [4.69, 9.17) is 25.1 Å². The second-order valence-corrected chi connectivity index (χ2v) is 14.0. The molecular weight excluding hydrogens is 671 g/mol. The van der Waals surface area contributed by atoms with E-state index in [1.807, 2.05) is 72.8 Å². The van der Waals surface area contributed by atoms with Gasteiger partial charge in [-0.25, -0.2) is 9.98 Å². The van der Waals surface area contributed by atoms with Gasteiger partial charge in [-0.15, -0.1) is 11.3 Å². The monoisotopic (exact) mass is 701 g/mol. The largest absolute Gasteiger partial charge is 0.456 e. The maximum atomic E-state index is 6.88. The number of para-hydroxylation sites is 3. The van der Waals surface area contributed by atoms with E-state index in [1.165, 1.54) is 5.39 Å². The molecule has 53 heavy (non-hydrogen) atoms. The molecule has 0 aliphatic heterocycles. The second kappa shape index (κ2) is 12.7. The summed E-state index contributed by atoms with van der Waals surface area (Å²) in [6, 6.07) is 55.8. The Bertz CT molecular complexity index is 3010. The number of aliphatic imine (C=N–C) groups is 2. The quantitative estimate of drug-likeness (QED) is 0.138. The summed E-state index contributed by atoms with van der Waals surface area (Å²) in [6.45, 7) is 0.377. The van der Waals surface area contributed by atoms with Crippen molar-refractivity contribution in [3.8, 4) is 16.3 Å². The average molecular weight is 702 g/mol. The first-order chi connectivity index (χ1) is 26.2. The van der Waals surface area contributed by atoms with Gasteiger partial charge in [-0.2, -0.15) is 0 Å². The number of furan rings is 1. The highest BCUT2D eigenvalue weighted by Gasteiger charge is 2.19. The van der Waals surface area contributed by atoms with Gasteiger partial charge in [0.15, 0.2) is 5.84 Å². The molecule has 0 aliphatic carbocycles. The highest BCUT2D eigenvalue weighted by atomic mass is 32.1. The fourth-order valence-corrected chi connectivity index (χ4v) is 8.33. The van der Waals surface area contributed by atoms with E-state index in [0.717, 1.165) is 81.5 Å². The highest BCUT2D eigenvalue weighted by molar-refractivity contribution is 7.21. The van der Waals surface area contributed by atoms with Crippen LogP contribution in [0.15, 0.2) is 178 Å². The van der Waals surface area contributed by atoms with Crippen LogP contribution in [0.25, 0.3) is 70.2 Å². The van der Waals surface area contributed by atoms with Gasteiger partial charge in [0.25, 0.3) is 0 Å². The van der Waals surface area contributed by atoms with Crippen LogP contribution in [0.3, 0.4) is 0 Å². The van der Waals surface area contributed by atoms with Crippen LogP contribution in [0.2, 0.25) is 0 Å². The number of amidine groups is 2. The molecule has 7 aromatic carbocycles. The average Bonchev–Trinajstić information content (AvgIpc) is 3.92. The molecule has 10 aromatic rings. The van der Waals surface area contributed by atoms with Gasteiger partial charge in [-0.05, 0) is 54.1 Å². The Morgan fingerprint density at radius 2 is 1.36 bits per heavy atom. The summed E-state index contributed by atoms with van der Waals surface area (Å²) in [5.41, 5.74) is 16.6. The summed E-state index contributed by atoms with van der Waals surface area (Å²) in [6.07, 6.45) is 0. The Labute approximate surface area is 308 Å². The summed E-state index contributed by atoms with van der Waals surface area (Å²) < 4.78 is 9.86. The number of benzene rings is 7. The van der Waals surface area contributed by atoms with E-state index in [1.54, 1.807) is 11.3 Å². The maximum absolute atomic E-state index is 6.88. The van der Waals surface area contributed by atoms with Crippen LogP contribution in [0, 0.1) is 0 Å². The normalized spacial score (nSPS) is 12.5. The van der Waals surface area contributed by atoms with E-state index in [-0.39, 0.29) is 0 Å². The molecule has 3 heterocycles. The molecule has 0 radical (unpaired) electrons. The van der Waals surface area contributed by atoms with Crippen LogP contribution in [0.4, 0.5) is 0 Å². The van der Waals surface area contributed by atoms with Gasteiger partial charge in [0, 0.05) is 43.9 Å². The Kier molecular flexibility index (Phi) is 7.44. The van der Waals surface area contributed by atoms with E-state index in [9.17, 15) is 0 Å². The van der Waals surface area contributed by atoms with Gasteiger partial charge in [-0.1, -0.05) is 115 Å². The summed E-state index contributed by atoms with van der Waals surface area (Å²) in [5.74, 6) is 0.951. The Morgan fingerprint density at radius 1 is 0.642 bits per heavy atom. The molecule has 0 bridgehead atoms. The van der Waals surface area contributed by atoms with E-state index >= 15 is 0 Å². The Hall–Kier alpha value is -6.83. The molecule has 7 heteroatoms. The Balaban J connectivity index is 1.09. The first-order valence-electron chi connectivity index (χ1n) is 17.5. The van der Waals surface area contributed by atoms with Crippen molar-refractivity contribution in [3.63, 3.8) is 0 Å². The number of fused-ring (bicyclic) bond motifs is 7. The molecule has 0 amide bonds. The van der Waals surface area contributed by atoms with Crippen molar-refractivity contribution in [3.05, 3.63) is 180 Å². The van der Waals surface area contributed by atoms with Crippen LogP contribution < -0.4 is 5.73 Å². The lowest BCUT2D eigenvalue weighted by molar-refractivity contribution is 0.668. The van der Waals surface area contributed by atoms with Crippen LogP contribution >= 0.6 is 11.3 Å².